The summed E-state index contributed by atoms with van der Waals surface area (Å²) in [6.45, 7) is 2.02. The van der Waals surface area contributed by atoms with Gasteiger partial charge in [0, 0.05) is 17.5 Å². The van der Waals surface area contributed by atoms with Gasteiger partial charge in [-0.1, -0.05) is 25.1 Å². The first kappa shape index (κ1) is 15.9. The van der Waals surface area contributed by atoms with Crippen LogP contribution in [0.25, 0.3) is 10.9 Å². The number of nitrogens with one attached hydrogen (secondary N) is 1. The van der Waals surface area contributed by atoms with E-state index in [4.69, 9.17) is 0 Å². The summed E-state index contributed by atoms with van der Waals surface area (Å²) in [5, 5.41) is 3.84. The van der Waals surface area contributed by atoms with Gasteiger partial charge in [0.05, 0.1) is 22.7 Å². The van der Waals surface area contributed by atoms with Crippen LogP contribution in [0.2, 0.25) is 0 Å². The van der Waals surface area contributed by atoms with Gasteiger partial charge in [0.25, 0.3) is 0 Å². The first-order chi connectivity index (χ1) is 11.0. The van der Waals surface area contributed by atoms with E-state index in [0.29, 0.717) is 6.42 Å². The molecule has 6 heteroatoms. The molecule has 1 atom stereocenters. The van der Waals surface area contributed by atoms with Crippen LogP contribution in [0, 0.1) is 5.92 Å². The van der Waals surface area contributed by atoms with E-state index in [1.807, 2.05) is 37.3 Å². The first-order valence-electron chi connectivity index (χ1n) is 7.86. The summed E-state index contributed by atoms with van der Waals surface area (Å²) in [5.41, 5.74) is 2.52. The molecule has 0 spiro atoms. The minimum atomic E-state index is -2.95. The normalized spacial score (nSPS) is 19.8. The van der Waals surface area contributed by atoms with Crippen molar-refractivity contribution >= 4 is 32.3 Å². The average Bonchev–Trinajstić information content (AvgIpc) is 2.85. The maximum absolute atomic E-state index is 12.3. The summed E-state index contributed by atoms with van der Waals surface area (Å²) >= 11 is 0. The minimum absolute atomic E-state index is 0.0706. The van der Waals surface area contributed by atoms with Crippen molar-refractivity contribution in [3.63, 3.8) is 0 Å². The second-order valence-corrected chi connectivity index (χ2v) is 8.28. The Morgan fingerprint density at radius 2 is 2.13 bits per heavy atom. The van der Waals surface area contributed by atoms with Gasteiger partial charge >= 0.3 is 0 Å². The standard InChI is InChI=1S/C17H20N2O3S/c1-2-13-10-16(14-5-3-4-6-15(14)18-13)19-17(20)9-12-7-8-23(21,22)11-12/h3-6,10,12H,2,7-9,11H2,1H3,(H,18,19,20)/t12-/m1/s1. The summed E-state index contributed by atoms with van der Waals surface area (Å²) in [6, 6.07) is 9.58. The summed E-state index contributed by atoms with van der Waals surface area (Å²) in [7, 11) is -2.95. The van der Waals surface area contributed by atoms with Crippen LogP contribution in [0.5, 0.6) is 0 Å². The first-order valence-corrected chi connectivity index (χ1v) is 9.68. The monoisotopic (exact) mass is 332 g/mol. The van der Waals surface area contributed by atoms with Crippen molar-refractivity contribution in [2.24, 2.45) is 5.92 Å². The van der Waals surface area contributed by atoms with Gasteiger partial charge in [-0.3, -0.25) is 9.78 Å². The third-order valence-corrected chi connectivity index (χ3v) is 6.04. The van der Waals surface area contributed by atoms with Crippen LogP contribution in [0.15, 0.2) is 30.3 Å². The molecule has 0 radical (unpaired) electrons. The molecule has 1 fully saturated rings. The van der Waals surface area contributed by atoms with Crippen molar-refractivity contribution in [1.82, 2.24) is 4.98 Å². The lowest BCUT2D eigenvalue weighted by molar-refractivity contribution is -0.116. The van der Waals surface area contributed by atoms with E-state index in [1.54, 1.807) is 0 Å². The second kappa shape index (κ2) is 6.28. The molecule has 0 bridgehead atoms. The molecule has 1 saturated heterocycles. The molecule has 1 aromatic carbocycles. The number of hydrogen-bond donors (Lipinski definition) is 1. The third-order valence-electron chi connectivity index (χ3n) is 4.21. The number of hydrogen-bond acceptors (Lipinski definition) is 4. The molecule has 0 aliphatic carbocycles. The van der Waals surface area contributed by atoms with Gasteiger partial charge in [-0.2, -0.15) is 0 Å². The van der Waals surface area contributed by atoms with E-state index in [2.05, 4.69) is 10.3 Å². The van der Waals surface area contributed by atoms with Crippen LogP contribution in [0.1, 0.15) is 25.5 Å². The number of nitrogens with zero attached hydrogens (tertiary/aromatic N) is 1. The smallest absolute Gasteiger partial charge is 0.224 e. The molecule has 1 aromatic heterocycles. The number of anilines is 1. The van der Waals surface area contributed by atoms with Gasteiger partial charge < -0.3 is 5.32 Å². The lowest BCUT2D eigenvalue weighted by Crippen LogP contribution is -2.17. The zero-order chi connectivity index (χ0) is 16.4. The minimum Gasteiger partial charge on any atom is -0.325 e. The fourth-order valence-electron chi connectivity index (χ4n) is 3.01. The Morgan fingerprint density at radius 1 is 1.35 bits per heavy atom. The highest BCUT2D eigenvalue weighted by Gasteiger charge is 2.29. The quantitative estimate of drug-likeness (QED) is 0.933. The number of sulfone groups is 1. The molecule has 0 unspecified atom stereocenters. The summed E-state index contributed by atoms with van der Waals surface area (Å²) in [5.74, 6) is 0.116. The van der Waals surface area contributed by atoms with E-state index >= 15 is 0 Å². The summed E-state index contributed by atoms with van der Waals surface area (Å²) in [4.78, 5) is 16.8. The number of pyridine rings is 1. The summed E-state index contributed by atoms with van der Waals surface area (Å²) < 4.78 is 23.0. The van der Waals surface area contributed by atoms with Crippen molar-refractivity contribution in [3.05, 3.63) is 36.0 Å². The third kappa shape index (κ3) is 3.69. The van der Waals surface area contributed by atoms with Crippen LogP contribution < -0.4 is 5.32 Å². The molecule has 1 N–H and O–H groups in total. The van der Waals surface area contributed by atoms with Crippen LogP contribution in [0.4, 0.5) is 5.69 Å². The number of carbonyl (C=O) groups excluding carboxylic acids is 1. The Kier molecular flexibility index (Phi) is 4.35. The molecule has 5 nitrogen and oxygen atoms in total. The lowest BCUT2D eigenvalue weighted by atomic mass is 10.0. The largest absolute Gasteiger partial charge is 0.325 e. The number of benzene rings is 1. The van der Waals surface area contributed by atoms with E-state index in [9.17, 15) is 13.2 Å². The molecule has 23 heavy (non-hydrogen) atoms. The number of rotatable bonds is 4. The number of aromatic nitrogens is 1. The molecule has 1 aliphatic heterocycles. The topological polar surface area (TPSA) is 76.1 Å². The molecule has 122 valence electrons. The van der Waals surface area contributed by atoms with Crippen molar-refractivity contribution in [1.29, 1.82) is 0 Å². The maximum Gasteiger partial charge on any atom is 0.224 e. The predicted octanol–water partition coefficient (Wildman–Crippen LogP) is 2.56. The maximum atomic E-state index is 12.3. The van der Waals surface area contributed by atoms with Crippen molar-refractivity contribution in [2.45, 2.75) is 26.2 Å². The zero-order valence-corrected chi connectivity index (χ0v) is 13.9. The molecule has 1 aliphatic rings. The predicted molar refractivity (Wildman–Crippen MR) is 91.1 cm³/mol. The summed E-state index contributed by atoms with van der Waals surface area (Å²) in [6.07, 6.45) is 1.61. The van der Waals surface area contributed by atoms with Gasteiger partial charge in [0.1, 0.15) is 0 Å². The van der Waals surface area contributed by atoms with Gasteiger partial charge in [0.15, 0.2) is 9.84 Å². The highest BCUT2D eigenvalue weighted by molar-refractivity contribution is 7.91. The number of para-hydroxylation sites is 1. The lowest BCUT2D eigenvalue weighted by Gasteiger charge is -2.12. The number of amides is 1. The van der Waals surface area contributed by atoms with Crippen molar-refractivity contribution in [3.8, 4) is 0 Å². The van der Waals surface area contributed by atoms with E-state index in [1.165, 1.54) is 0 Å². The number of fused-ring (bicyclic) bond motifs is 1. The second-order valence-electron chi connectivity index (χ2n) is 6.05. The van der Waals surface area contributed by atoms with Gasteiger partial charge in [-0.15, -0.1) is 0 Å². The zero-order valence-electron chi connectivity index (χ0n) is 13.1. The molecule has 1 amide bonds. The fraction of sp³-hybridized carbons (Fsp3) is 0.412. The Labute approximate surface area is 136 Å². The Balaban J connectivity index is 1.79. The van der Waals surface area contributed by atoms with Crippen molar-refractivity contribution < 1.29 is 13.2 Å². The fourth-order valence-corrected chi connectivity index (χ4v) is 4.87. The van der Waals surface area contributed by atoms with E-state index < -0.39 is 9.84 Å². The van der Waals surface area contributed by atoms with Gasteiger partial charge in [0.2, 0.25) is 5.91 Å². The molecule has 0 saturated carbocycles. The van der Waals surface area contributed by atoms with Crippen LogP contribution >= 0.6 is 0 Å². The molecular formula is C17H20N2O3S. The molecular weight excluding hydrogens is 312 g/mol. The average molecular weight is 332 g/mol. The van der Waals surface area contributed by atoms with Crippen molar-refractivity contribution in [2.75, 3.05) is 16.8 Å². The number of aryl methyl sites for hydroxylation is 1. The molecule has 2 heterocycles. The highest BCUT2D eigenvalue weighted by atomic mass is 32.2. The molecule has 3 rings (SSSR count). The van der Waals surface area contributed by atoms with Crippen LogP contribution in [-0.4, -0.2) is 30.8 Å². The Hall–Kier alpha value is -1.95. The Morgan fingerprint density at radius 3 is 2.83 bits per heavy atom. The number of carbonyl (C=O) groups is 1. The molecule has 2 aromatic rings. The Bertz CT molecular complexity index is 846. The van der Waals surface area contributed by atoms with E-state index in [0.717, 1.165) is 28.7 Å². The van der Waals surface area contributed by atoms with E-state index in [-0.39, 0.29) is 29.8 Å². The highest BCUT2D eigenvalue weighted by Crippen LogP contribution is 2.26. The van der Waals surface area contributed by atoms with Crippen LogP contribution in [0.3, 0.4) is 0 Å². The SMILES string of the molecule is CCc1cc(NC(=O)C[C@H]2CCS(=O)(=O)C2)c2ccccc2n1. The van der Waals surface area contributed by atoms with Gasteiger partial charge in [-0.25, -0.2) is 8.42 Å². The van der Waals surface area contributed by atoms with Crippen LogP contribution in [-0.2, 0) is 21.1 Å². The van der Waals surface area contributed by atoms with Gasteiger partial charge in [-0.05, 0) is 30.9 Å².